The van der Waals surface area contributed by atoms with Crippen LogP contribution in [0.25, 0.3) is 27.2 Å². The summed E-state index contributed by atoms with van der Waals surface area (Å²) in [6.07, 6.45) is 3.65. The summed E-state index contributed by atoms with van der Waals surface area (Å²) in [5, 5.41) is 9.14. The van der Waals surface area contributed by atoms with Crippen LogP contribution in [0.3, 0.4) is 0 Å². The Bertz CT molecular complexity index is 1220. The van der Waals surface area contributed by atoms with Crippen LogP contribution in [0.4, 0.5) is 0 Å². The fourth-order valence-corrected chi connectivity index (χ4v) is 4.27. The third kappa shape index (κ3) is 4.23. The molecule has 0 aromatic carbocycles. The molecule has 0 unspecified atom stereocenters. The maximum Gasteiger partial charge on any atom is 0.354 e. The van der Waals surface area contributed by atoms with E-state index in [0.717, 1.165) is 33.7 Å². The highest BCUT2D eigenvalue weighted by Gasteiger charge is 2.23. The fourth-order valence-electron chi connectivity index (χ4n) is 3.37. The lowest BCUT2D eigenvalue weighted by molar-refractivity contribution is 0.0523. The molecule has 0 bridgehead atoms. The Labute approximate surface area is 188 Å². The summed E-state index contributed by atoms with van der Waals surface area (Å²) < 4.78 is 23.3. The molecule has 0 saturated heterocycles. The van der Waals surface area contributed by atoms with Gasteiger partial charge in [0.25, 0.3) is 0 Å². The quantitative estimate of drug-likeness (QED) is 0.271. The van der Waals surface area contributed by atoms with Crippen molar-refractivity contribution in [3.63, 3.8) is 0 Å². The molecule has 10 heteroatoms. The molecule has 9 nitrogen and oxygen atoms in total. The first kappa shape index (κ1) is 22.0. The van der Waals surface area contributed by atoms with Gasteiger partial charge in [0.05, 0.1) is 36.2 Å². The van der Waals surface area contributed by atoms with Crippen LogP contribution in [-0.4, -0.2) is 52.2 Å². The molecule has 0 amide bonds. The predicted octanol–water partition coefficient (Wildman–Crippen LogP) is 4.32. The highest BCUT2D eigenvalue weighted by molar-refractivity contribution is 7.17. The summed E-state index contributed by atoms with van der Waals surface area (Å²) in [4.78, 5) is 17.4. The minimum atomic E-state index is -0.454. The normalized spacial score (nSPS) is 11.2. The summed E-state index contributed by atoms with van der Waals surface area (Å²) in [5.74, 6) is 0.526. The van der Waals surface area contributed by atoms with Gasteiger partial charge in [0, 0.05) is 23.9 Å². The molecule has 0 N–H and O–H groups in total. The van der Waals surface area contributed by atoms with E-state index in [-0.39, 0.29) is 12.5 Å². The first-order valence-electron chi connectivity index (χ1n) is 10.3. The van der Waals surface area contributed by atoms with Gasteiger partial charge in [0.2, 0.25) is 5.88 Å². The van der Waals surface area contributed by atoms with E-state index in [4.69, 9.17) is 18.7 Å². The zero-order valence-corrected chi connectivity index (χ0v) is 19.2. The number of rotatable bonds is 9. The monoisotopic (exact) mass is 456 g/mol. The minimum Gasteiger partial charge on any atom is -0.474 e. The molecular weight excluding hydrogens is 432 g/mol. The van der Waals surface area contributed by atoms with Crippen LogP contribution < -0.4 is 4.74 Å². The number of nitrogens with zero attached hydrogens (tertiary/aromatic N) is 4. The van der Waals surface area contributed by atoms with Crippen LogP contribution in [0.2, 0.25) is 0 Å². The Hall–Kier alpha value is -3.24. The van der Waals surface area contributed by atoms with E-state index in [1.165, 1.54) is 11.3 Å². The average Bonchev–Trinajstić information content (AvgIpc) is 3.48. The lowest BCUT2D eigenvalue weighted by Crippen LogP contribution is -2.10. The van der Waals surface area contributed by atoms with E-state index in [2.05, 4.69) is 15.2 Å². The van der Waals surface area contributed by atoms with Crippen LogP contribution in [0.1, 0.15) is 35.0 Å². The van der Waals surface area contributed by atoms with Crippen LogP contribution in [-0.2, 0) is 9.47 Å². The largest absolute Gasteiger partial charge is 0.474 e. The summed E-state index contributed by atoms with van der Waals surface area (Å²) in [5.41, 5.74) is 4.35. The third-order valence-corrected chi connectivity index (χ3v) is 5.86. The van der Waals surface area contributed by atoms with Gasteiger partial charge < -0.3 is 18.7 Å². The van der Waals surface area contributed by atoms with Gasteiger partial charge >= 0.3 is 5.97 Å². The molecule has 168 valence electrons. The van der Waals surface area contributed by atoms with Gasteiger partial charge in [-0.3, -0.25) is 0 Å². The molecule has 32 heavy (non-hydrogen) atoms. The molecule has 0 radical (unpaired) electrons. The van der Waals surface area contributed by atoms with Crippen molar-refractivity contribution < 1.29 is 23.5 Å². The van der Waals surface area contributed by atoms with E-state index in [0.29, 0.717) is 29.7 Å². The minimum absolute atomic E-state index is 0.252. The van der Waals surface area contributed by atoms with Crippen molar-refractivity contribution in [2.24, 2.45) is 0 Å². The Morgan fingerprint density at radius 3 is 2.78 bits per heavy atom. The van der Waals surface area contributed by atoms with Crippen molar-refractivity contribution in [1.29, 1.82) is 0 Å². The van der Waals surface area contributed by atoms with Crippen molar-refractivity contribution in [2.75, 3.05) is 26.4 Å². The molecule has 0 aliphatic rings. The van der Waals surface area contributed by atoms with Crippen LogP contribution in [0.15, 0.2) is 29.0 Å². The van der Waals surface area contributed by atoms with Crippen molar-refractivity contribution >= 4 is 22.8 Å². The van der Waals surface area contributed by atoms with Gasteiger partial charge in [-0.25, -0.2) is 14.3 Å². The smallest absolute Gasteiger partial charge is 0.354 e. The standard InChI is InChI=1S/C22H24N4O5S/c1-5-28-9-10-30-20-19(22(27)29-6-2)32-21(24-20)15-7-8-26-17(11-15)16(12-23-26)18-13(3)25-31-14(18)4/h7-8,11-12H,5-6,9-10H2,1-4H3. The molecule has 4 aromatic rings. The summed E-state index contributed by atoms with van der Waals surface area (Å²) in [6.45, 7) is 9.02. The average molecular weight is 457 g/mol. The highest BCUT2D eigenvalue weighted by atomic mass is 32.1. The fraction of sp³-hybridized carbons (Fsp3) is 0.364. The van der Waals surface area contributed by atoms with E-state index in [9.17, 15) is 4.79 Å². The van der Waals surface area contributed by atoms with E-state index in [1.807, 2.05) is 39.1 Å². The molecule has 0 saturated carbocycles. The number of hydrogen-bond acceptors (Lipinski definition) is 9. The molecular formula is C22H24N4O5S. The third-order valence-electron chi connectivity index (χ3n) is 4.80. The van der Waals surface area contributed by atoms with E-state index >= 15 is 0 Å². The Morgan fingerprint density at radius 2 is 2.06 bits per heavy atom. The first-order valence-corrected chi connectivity index (χ1v) is 11.1. The second kappa shape index (κ2) is 9.49. The number of thiazole rings is 1. The molecule has 0 spiro atoms. The van der Waals surface area contributed by atoms with E-state index < -0.39 is 5.97 Å². The molecule has 0 aliphatic carbocycles. The number of aryl methyl sites for hydroxylation is 2. The molecule has 0 fully saturated rings. The zero-order chi connectivity index (χ0) is 22.7. The zero-order valence-electron chi connectivity index (χ0n) is 18.4. The summed E-state index contributed by atoms with van der Waals surface area (Å²) >= 11 is 1.23. The SMILES string of the molecule is CCOCCOc1nc(-c2ccn3ncc(-c4c(C)noc4C)c3c2)sc1C(=O)OCC. The Balaban J connectivity index is 1.73. The maximum absolute atomic E-state index is 12.5. The lowest BCUT2D eigenvalue weighted by atomic mass is 10.1. The number of ether oxygens (including phenoxy) is 3. The number of hydrogen-bond donors (Lipinski definition) is 0. The van der Waals surface area contributed by atoms with Crippen molar-refractivity contribution in [1.82, 2.24) is 19.8 Å². The number of pyridine rings is 1. The molecule has 4 aromatic heterocycles. The number of fused-ring (bicyclic) bond motifs is 1. The van der Waals surface area contributed by atoms with Gasteiger partial charge in [0.15, 0.2) is 4.88 Å². The summed E-state index contributed by atoms with van der Waals surface area (Å²) in [6, 6.07) is 3.88. The molecule has 4 heterocycles. The Kier molecular flexibility index (Phi) is 6.52. The number of carbonyl (C=O) groups is 1. The van der Waals surface area contributed by atoms with Crippen molar-refractivity contribution in [3.05, 3.63) is 40.9 Å². The highest BCUT2D eigenvalue weighted by Crippen LogP contribution is 2.36. The van der Waals surface area contributed by atoms with Crippen molar-refractivity contribution in [2.45, 2.75) is 27.7 Å². The topological polar surface area (TPSA) is 101 Å². The van der Waals surface area contributed by atoms with Gasteiger partial charge in [-0.05, 0) is 39.8 Å². The van der Waals surface area contributed by atoms with Crippen LogP contribution in [0, 0.1) is 13.8 Å². The maximum atomic E-state index is 12.5. The number of aromatic nitrogens is 4. The van der Waals surface area contributed by atoms with Gasteiger partial charge in [0.1, 0.15) is 17.4 Å². The molecule has 0 atom stereocenters. The van der Waals surface area contributed by atoms with Crippen molar-refractivity contribution in [3.8, 4) is 27.6 Å². The predicted molar refractivity (Wildman–Crippen MR) is 119 cm³/mol. The van der Waals surface area contributed by atoms with Gasteiger partial charge in [-0.15, -0.1) is 11.3 Å². The van der Waals surface area contributed by atoms with Gasteiger partial charge in [-0.2, -0.15) is 5.10 Å². The number of carbonyl (C=O) groups excluding carboxylic acids is 1. The lowest BCUT2D eigenvalue weighted by Gasteiger charge is -2.05. The second-order valence-corrected chi connectivity index (χ2v) is 7.92. The Morgan fingerprint density at radius 1 is 1.22 bits per heavy atom. The van der Waals surface area contributed by atoms with Gasteiger partial charge in [-0.1, -0.05) is 5.16 Å². The van der Waals surface area contributed by atoms with E-state index in [1.54, 1.807) is 17.6 Å². The second-order valence-electron chi connectivity index (χ2n) is 6.92. The molecule has 4 rings (SSSR count). The van der Waals surface area contributed by atoms with Crippen LogP contribution in [0.5, 0.6) is 5.88 Å². The first-order chi connectivity index (χ1) is 15.5. The summed E-state index contributed by atoms with van der Waals surface area (Å²) in [7, 11) is 0. The number of esters is 1. The van der Waals surface area contributed by atoms with Crippen LogP contribution >= 0.6 is 11.3 Å². The molecule has 0 aliphatic heterocycles.